The minimum absolute atomic E-state index is 0.137. The van der Waals surface area contributed by atoms with E-state index >= 15 is 0 Å². The molecule has 3 aromatic rings. The number of benzene rings is 3. The molecule has 180 valence electrons. The summed E-state index contributed by atoms with van der Waals surface area (Å²) in [4.78, 5) is 27.7. The molecule has 3 aromatic carbocycles. The Labute approximate surface area is 205 Å². The first-order valence-corrected chi connectivity index (χ1v) is 12.0. The lowest BCUT2D eigenvalue weighted by molar-refractivity contribution is -0.118. The van der Waals surface area contributed by atoms with E-state index < -0.39 is 0 Å². The van der Waals surface area contributed by atoms with Crippen LogP contribution in [0.4, 0.5) is 11.4 Å². The number of ether oxygens (including phenoxy) is 2. The monoisotopic (exact) mass is 471 g/mol. The highest BCUT2D eigenvalue weighted by Gasteiger charge is 2.25. The van der Waals surface area contributed by atoms with Gasteiger partial charge in [-0.3, -0.25) is 14.5 Å². The van der Waals surface area contributed by atoms with Gasteiger partial charge in [0.25, 0.3) is 5.91 Å². The molecule has 0 unspecified atom stereocenters. The van der Waals surface area contributed by atoms with Crippen molar-refractivity contribution in [1.82, 2.24) is 4.90 Å². The molecule has 0 atom stereocenters. The van der Waals surface area contributed by atoms with E-state index in [1.54, 1.807) is 18.2 Å². The fourth-order valence-corrected chi connectivity index (χ4v) is 3.97. The Hall–Kier alpha value is -3.68. The van der Waals surface area contributed by atoms with Crippen LogP contribution in [0.2, 0.25) is 0 Å². The summed E-state index contributed by atoms with van der Waals surface area (Å²) < 4.78 is 11.3. The number of carbonyl (C=O) groups is 2. The summed E-state index contributed by atoms with van der Waals surface area (Å²) >= 11 is 0. The summed E-state index contributed by atoms with van der Waals surface area (Å²) in [5.41, 5.74) is 3.86. The van der Waals surface area contributed by atoms with E-state index in [2.05, 4.69) is 15.5 Å². The van der Waals surface area contributed by atoms with Crippen molar-refractivity contribution >= 4 is 23.2 Å². The van der Waals surface area contributed by atoms with Crippen LogP contribution in [0, 0.1) is 0 Å². The van der Waals surface area contributed by atoms with Crippen LogP contribution in [0.5, 0.6) is 5.75 Å². The van der Waals surface area contributed by atoms with Gasteiger partial charge in [0, 0.05) is 24.3 Å². The highest BCUT2D eigenvalue weighted by molar-refractivity contribution is 6.06. The normalized spacial score (nSPS) is 15.9. The van der Waals surface area contributed by atoms with Crippen molar-refractivity contribution in [2.45, 2.75) is 18.9 Å². The second kappa shape index (κ2) is 10.7. The van der Waals surface area contributed by atoms with Crippen LogP contribution in [-0.2, 0) is 9.53 Å². The van der Waals surface area contributed by atoms with Crippen LogP contribution < -0.4 is 15.4 Å². The molecule has 35 heavy (non-hydrogen) atoms. The molecule has 7 nitrogen and oxygen atoms in total. The van der Waals surface area contributed by atoms with Crippen molar-refractivity contribution in [1.29, 1.82) is 0 Å². The van der Waals surface area contributed by atoms with Crippen LogP contribution in [0.3, 0.4) is 0 Å². The smallest absolute Gasteiger partial charge is 0.255 e. The third-order valence-corrected chi connectivity index (χ3v) is 6.05. The van der Waals surface area contributed by atoms with Crippen LogP contribution >= 0.6 is 0 Å². The maximum absolute atomic E-state index is 13.0. The van der Waals surface area contributed by atoms with Crippen LogP contribution in [-0.4, -0.2) is 55.7 Å². The number of carbonyl (C=O) groups excluding carboxylic acids is 2. The Morgan fingerprint density at radius 3 is 2.31 bits per heavy atom. The number of morpholine rings is 1. The maximum atomic E-state index is 13.0. The largest absolute Gasteiger partial charge is 0.488 e. The van der Waals surface area contributed by atoms with Crippen LogP contribution in [0.15, 0.2) is 72.8 Å². The SMILES string of the molecule is O=C(CN1CCOCC1)Nc1cc(C(=O)Nc2ccc(-c3ccccc3)cc2)ccc1OC1CC1. The molecule has 2 aliphatic rings. The van der Waals surface area contributed by atoms with E-state index in [9.17, 15) is 9.59 Å². The Morgan fingerprint density at radius 1 is 0.886 bits per heavy atom. The van der Waals surface area contributed by atoms with Gasteiger partial charge in [-0.05, 0) is 54.3 Å². The minimum Gasteiger partial charge on any atom is -0.488 e. The fourth-order valence-electron chi connectivity index (χ4n) is 3.97. The van der Waals surface area contributed by atoms with Gasteiger partial charge in [0.2, 0.25) is 5.91 Å². The lowest BCUT2D eigenvalue weighted by Gasteiger charge is -2.26. The van der Waals surface area contributed by atoms with Gasteiger partial charge in [-0.15, -0.1) is 0 Å². The molecule has 0 radical (unpaired) electrons. The molecule has 1 saturated carbocycles. The van der Waals surface area contributed by atoms with Crippen LogP contribution in [0.25, 0.3) is 11.1 Å². The third kappa shape index (κ3) is 6.26. The highest BCUT2D eigenvalue weighted by Crippen LogP contribution is 2.33. The first kappa shape index (κ1) is 23.1. The topological polar surface area (TPSA) is 79.9 Å². The molecule has 2 amide bonds. The number of amides is 2. The van der Waals surface area contributed by atoms with Crippen molar-refractivity contribution in [2.75, 3.05) is 43.5 Å². The Morgan fingerprint density at radius 2 is 1.60 bits per heavy atom. The molecule has 7 heteroatoms. The zero-order valence-electron chi connectivity index (χ0n) is 19.5. The van der Waals surface area contributed by atoms with Gasteiger partial charge in [0.05, 0.1) is 31.5 Å². The second-order valence-corrected chi connectivity index (χ2v) is 8.86. The fraction of sp³-hybridized carbons (Fsp3) is 0.286. The van der Waals surface area contributed by atoms with E-state index in [0.29, 0.717) is 35.9 Å². The predicted molar refractivity (Wildman–Crippen MR) is 136 cm³/mol. The Kier molecular flexibility index (Phi) is 7.07. The van der Waals surface area contributed by atoms with E-state index in [-0.39, 0.29) is 24.5 Å². The molecule has 1 aliphatic carbocycles. The molecule has 1 saturated heterocycles. The van der Waals surface area contributed by atoms with Crippen molar-refractivity contribution in [3.05, 3.63) is 78.4 Å². The molecule has 1 heterocycles. The molecule has 2 fully saturated rings. The first-order chi connectivity index (χ1) is 17.1. The maximum Gasteiger partial charge on any atom is 0.255 e. The van der Waals surface area contributed by atoms with Gasteiger partial charge >= 0.3 is 0 Å². The van der Waals surface area contributed by atoms with Crippen molar-refractivity contribution in [3.8, 4) is 16.9 Å². The van der Waals surface area contributed by atoms with E-state index in [1.807, 2.05) is 54.6 Å². The van der Waals surface area contributed by atoms with Crippen molar-refractivity contribution < 1.29 is 19.1 Å². The molecular formula is C28H29N3O4. The van der Waals surface area contributed by atoms with Crippen molar-refractivity contribution in [2.24, 2.45) is 0 Å². The molecule has 0 bridgehead atoms. The zero-order chi connectivity index (χ0) is 24.0. The third-order valence-electron chi connectivity index (χ3n) is 6.05. The van der Waals surface area contributed by atoms with E-state index in [0.717, 1.165) is 37.1 Å². The molecule has 1 aliphatic heterocycles. The standard InChI is InChI=1S/C28H29N3O4/c32-27(19-31-14-16-34-17-15-31)30-25-18-22(8-13-26(25)35-24-11-12-24)28(33)29-23-9-6-21(7-10-23)20-4-2-1-3-5-20/h1-10,13,18,24H,11-12,14-17,19H2,(H,29,33)(H,30,32). The lowest BCUT2D eigenvalue weighted by atomic mass is 10.1. The summed E-state index contributed by atoms with van der Waals surface area (Å²) in [5, 5.41) is 5.89. The van der Waals surface area contributed by atoms with Gasteiger partial charge in [0.1, 0.15) is 5.75 Å². The number of nitrogens with one attached hydrogen (secondary N) is 2. The van der Waals surface area contributed by atoms with Gasteiger partial charge in [-0.25, -0.2) is 0 Å². The van der Waals surface area contributed by atoms with E-state index in [4.69, 9.17) is 9.47 Å². The number of hydrogen-bond acceptors (Lipinski definition) is 5. The predicted octanol–water partition coefficient (Wildman–Crippen LogP) is 4.42. The highest BCUT2D eigenvalue weighted by atomic mass is 16.5. The Balaban J connectivity index is 1.27. The number of nitrogens with zero attached hydrogens (tertiary/aromatic N) is 1. The van der Waals surface area contributed by atoms with Crippen LogP contribution in [0.1, 0.15) is 23.2 Å². The lowest BCUT2D eigenvalue weighted by Crippen LogP contribution is -2.41. The summed E-state index contributed by atoms with van der Waals surface area (Å²) in [6.45, 7) is 2.99. The molecule has 5 rings (SSSR count). The minimum atomic E-state index is -0.251. The zero-order valence-corrected chi connectivity index (χ0v) is 19.5. The average Bonchev–Trinajstić information content (AvgIpc) is 3.71. The molecule has 0 spiro atoms. The summed E-state index contributed by atoms with van der Waals surface area (Å²) in [6.07, 6.45) is 2.18. The quantitative estimate of drug-likeness (QED) is 0.509. The number of hydrogen-bond donors (Lipinski definition) is 2. The second-order valence-electron chi connectivity index (χ2n) is 8.86. The van der Waals surface area contributed by atoms with Gasteiger partial charge in [0.15, 0.2) is 0 Å². The Bertz CT molecular complexity index is 1170. The summed E-state index contributed by atoms with van der Waals surface area (Å²) in [6, 6.07) is 23.0. The summed E-state index contributed by atoms with van der Waals surface area (Å²) in [7, 11) is 0. The molecular weight excluding hydrogens is 442 g/mol. The van der Waals surface area contributed by atoms with Gasteiger partial charge in [-0.2, -0.15) is 0 Å². The first-order valence-electron chi connectivity index (χ1n) is 12.0. The molecule has 2 N–H and O–H groups in total. The average molecular weight is 472 g/mol. The van der Waals surface area contributed by atoms with Gasteiger partial charge < -0.3 is 20.1 Å². The number of rotatable bonds is 8. The van der Waals surface area contributed by atoms with Crippen molar-refractivity contribution in [3.63, 3.8) is 0 Å². The summed E-state index contributed by atoms with van der Waals surface area (Å²) in [5.74, 6) is 0.201. The van der Waals surface area contributed by atoms with E-state index in [1.165, 1.54) is 0 Å². The van der Waals surface area contributed by atoms with Gasteiger partial charge in [-0.1, -0.05) is 42.5 Å². The number of anilines is 2. The molecule has 0 aromatic heterocycles.